The molecule has 0 radical (unpaired) electrons. The second-order valence-corrected chi connectivity index (χ2v) is 4.54. The molecule has 20 heavy (non-hydrogen) atoms. The van der Waals surface area contributed by atoms with Gasteiger partial charge in [0.2, 0.25) is 0 Å². The summed E-state index contributed by atoms with van der Waals surface area (Å²) in [7, 11) is 1.65. The van der Waals surface area contributed by atoms with E-state index in [1.54, 1.807) is 19.2 Å². The Kier molecular flexibility index (Phi) is 6.97. The third-order valence-corrected chi connectivity index (χ3v) is 2.88. The summed E-state index contributed by atoms with van der Waals surface area (Å²) in [6, 6.07) is 4.68. The van der Waals surface area contributed by atoms with Gasteiger partial charge in [0, 0.05) is 44.4 Å². The zero-order valence-electron chi connectivity index (χ0n) is 12.2. The van der Waals surface area contributed by atoms with Crippen LogP contribution in [0.2, 0.25) is 0 Å². The van der Waals surface area contributed by atoms with E-state index < -0.39 is 4.92 Å². The molecule has 6 nitrogen and oxygen atoms in total. The Morgan fingerprint density at radius 1 is 1.45 bits per heavy atom. The molecule has 0 fully saturated rings. The molecule has 6 heteroatoms. The molecule has 1 unspecified atom stereocenters. The second-order valence-electron chi connectivity index (χ2n) is 4.54. The van der Waals surface area contributed by atoms with Crippen molar-refractivity contribution in [2.75, 3.05) is 20.3 Å². The molecule has 0 amide bonds. The van der Waals surface area contributed by atoms with Gasteiger partial charge in [-0.3, -0.25) is 10.1 Å². The number of hydrogen-bond acceptors (Lipinski definition) is 5. The average Bonchev–Trinajstić information content (AvgIpc) is 2.43. The molecule has 0 spiro atoms. The predicted molar refractivity (Wildman–Crippen MR) is 77.1 cm³/mol. The minimum atomic E-state index is -0.395. The second kappa shape index (κ2) is 8.50. The summed E-state index contributed by atoms with van der Waals surface area (Å²) in [4.78, 5) is 10.4. The smallest absolute Gasteiger partial charge is 0.270 e. The number of hydrogen-bond donors (Lipinski definition) is 1. The molecule has 1 aromatic carbocycles. The maximum Gasteiger partial charge on any atom is 0.270 e. The number of nitro benzene ring substituents is 1. The predicted octanol–water partition coefficient (Wildman–Crippen LogP) is 2.51. The molecule has 0 saturated carbocycles. The fourth-order valence-corrected chi connectivity index (χ4v) is 1.75. The van der Waals surface area contributed by atoms with Crippen LogP contribution < -0.4 is 10.1 Å². The van der Waals surface area contributed by atoms with E-state index in [2.05, 4.69) is 5.32 Å². The van der Waals surface area contributed by atoms with Crippen molar-refractivity contribution in [3.05, 3.63) is 33.9 Å². The van der Waals surface area contributed by atoms with Gasteiger partial charge < -0.3 is 14.8 Å². The SMILES string of the molecule is CCNCc1cc([N+](=O)[O-])ccc1OC(C)CCOC. The van der Waals surface area contributed by atoms with Crippen LogP contribution >= 0.6 is 0 Å². The first kappa shape index (κ1) is 16.4. The van der Waals surface area contributed by atoms with Gasteiger partial charge in [0.05, 0.1) is 11.0 Å². The summed E-state index contributed by atoms with van der Waals surface area (Å²) in [5.41, 5.74) is 0.875. The molecule has 0 aliphatic rings. The largest absolute Gasteiger partial charge is 0.490 e. The minimum Gasteiger partial charge on any atom is -0.490 e. The van der Waals surface area contributed by atoms with Crippen LogP contribution in [-0.2, 0) is 11.3 Å². The first-order valence-corrected chi connectivity index (χ1v) is 6.72. The summed E-state index contributed by atoms with van der Waals surface area (Å²) in [5, 5.41) is 14.0. The molecule has 1 rings (SSSR count). The van der Waals surface area contributed by atoms with E-state index in [1.165, 1.54) is 6.07 Å². The summed E-state index contributed by atoms with van der Waals surface area (Å²) >= 11 is 0. The van der Waals surface area contributed by atoms with Crippen LogP contribution in [0.4, 0.5) is 5.69 Å². The fraction of sp³-hybridized carbons (Fsp3) is 0.571. The standard InChI is InChI=1S/C14H22N2O4/c1-4-15-10-12-9-13(16(17)18)5-6-14(12)20-11(2)7-8-19-3/h5-6,9,11,15H,4,7-8,10H2,1-3H3. The normalized spacial score (nSPS) is 12.2. The van der Waals surface area contributed by atoms with Crippen molar-refractivity contribution in [2.45, 2.75) is 32.9 Å². The number of non-ortho nitro benzene ring substituents is 1. The van der Waals surface area contributed by atoms with Crippen LogP contribution in [0.25, 0.3) is 0 Å². The van der Waals surface area contributed by atoms with E-state index in [9.17, 15) is 10.1 Å². The Morgan fingerprint density at radius 2 is 2.20 bits per heavy atom. The van der Waals surface area contributed by atoms with Crippen molar-refractivity contribution in [1.82, 2.24) is 5.32 Å². The summed E-state index contributed by atoms with van der Waals surface area (Å²) < 4.78 is 10.9. The van der Waals surface area contributed by atoms with Crippen LogP contribution in [0, 0.1) is 10.1 Å². The van der Waals surface area contributed by atoms with Crippen LogP contribution in [-0.4, -0.2) is 31.3 Å². The molecule has 1 aromatic rings. The van der Waals surface area contributed by atoms with Crippen LogP contribution in [0.3, 0.4) is 0 Å². The quantitative estimate of drug-likeness (QED) is 0.556. The van der Waals surface area contributed by atoms with Crippen LogP contribution in [0.15, 0.2) is 18.2 Å². The lowest BCUT2D eigenvalue weighted by Crippen LogP contribution is -2.17. The van der Waals surface area contributed by atoms with Crippen molar-refractivity contribution >= 4 is 5.69 Å². The molecule has 1 N–H and O–H groups in total. The summed E-state index contributed by atoms with van der Waals surface area (Å²) in [6.07, 6.45) is 0.769. The number of rotatable bonds is 9. The van der Waals surface area contributed by atoms with Gasteiger partial charge in [-0.2, -0.15) is 0 Å². The Hall–Kier alpha value is -1.66. The van der Waals surface area contributed by atoms with Gasteiger partial charge in [0.15, 0.2) is 0 Å². The maximum absolute atomic E-state index is 10.8. The highest BCUT2D eigenvalue weighted by molar-refractivity contribution is 5.43. The molecular formula is C14H22N2O4. The number of ether oxygens (including phenoxy) is 2. The Balaban J connectivity index is 2.84. The van der Waals surface area contributed by atoms with Crippen molar-refractivity contribution in [3.63, 3.8) is 0 Å². The van der Waals surface area contributed by atoms with Gasteiger partial charge in [-0.15, -0.1) is 0 Å². The molecule has 0 aromatic heterocycles. The van der Waals surface area contributed by atoms with Gasteiger partial charge in [-0.1, -0.05) is 6.92 Å². The summed E-state index contributed by atoms with van der Waals surface area (Å²) in [5.74, 6) is 0.681. The van der Waals surface area contributed by atoms with E-state index >= 15 is 0 Å². The highest BCUT2D eigenvalue weighted by Gasteiger charge is 2.13. The monoisotopic (exact) mass is 282 g/mol. The molecule has 1 atom stereocenters. The Bertz CT molecular complexity index is 437. The molecule has 0 aliphatic heterocycles. The molecular weight excluding hydrogens is 260 g/mol. The molecule has 0 aliphatic carbocycles. The zero-order chi connectivity index (χ0) is 15.0. The van der Waals surface area contributed by atoms with Crippen LogP contribution in [0.1, 0.15) is 25.8 Å². The third kappa shape index (κ3) is 5.14. The molecule has 0 heterocycles. The Labute approximate surface area is 119 Å². The first-order chi connectivity index (χ1) is 9.58. The highest BCUT2D eigenvalue weighted by atomic mass is 16.6. The number of methoxy groups -OCH3 is 1. The van der Waals surface area contributed by atoms with Gasteiger partial charge >= 0.3 is 0 Å². The van der Waals surface area contributed by atoms with Crippen molar-refractivity contribution in [1.29, 1.82) is 0 Å². The van der Waals surface area contributed by atoms with Crippen molar-refractivity contribution in [2.24, 2.45) is 0 Å². The maximum atomic E-state index is 10.8. The lowest BCUT2D eigenvalue weighted by molar-refractivity contribution is -0.384. The Morgan fingerprint density at radius 3 is 2.80 bits per heavy atom. The van der Waals surface area contributed by atoms with Crippen molar-refractivity contribution in [3.8, 4) is 5.75 Å². The minimum absolute atomic E-state index is 0.00298. The lowest BCUT2D eigenvalue weighted by Gasteiger charge is -2.17. The fourth-order valence-electron chi connectivity index (χ4n) is 1.75. The van der Waals surface area contributed by atoms with E-state index in [0.29, 0.717) is 18.9 Å². The van der Waals surface area contributed by atoms with Gasteiger partial charge in [0.25, 0.3) is 5.69 Å². The highest BCUT2D eigenvalue weighted by Crippen LogP contribution is 2.25. The van der Waals surface area contributed by atoms with E-state index in [1.807, 2.05) is 13.8 Å². The van der Waals surface area contributed by atoms with E-state index in [4.69, 9.17) is 9.47 Å². The van der Waals surface area contributed by atoms with E-state index in [0.717, 1.165) is 18.5 Å². The van der Waals surface area contributed by atoms with Gasteiger partial charge in [-0.25, -0.2) is 0 Å². The molecule has 112 valence electrons. The average molecular weight is 282 g/mol. The van der Waals surface area contributed by atoms with Crippen molar-refractivity contribution < 1.29 is 14.4 Å². The molecule has 0 bridgehead atoms. The van der Waals surface area contributed by atoms with Gasteiger partial charge in [0.1, 0.15) is 5.75 Å². The van der Waals surface area contributed by atoms with Crippen LogP contribution in [0.5, 0.6) is 5.75 Å². The van der Waals surface area contributed by atoms with Gasteiger partial charge in [-0.05, 0) is 19.5 Å². The number of nitro groups is 1. The molecule has 0 saturated heterocycles. The summed E-state index contributed by atoms with van der Waals surface area (Å²) in [6.45, 7) is 5.90. The number of nitrogens with zero attached hydrogens (tertiary/aromatic N) is 1. The zero-order valence-corrected chi connectivity index (χ0v) is 12.2. The first-order valence-electron chi connectivity index (χ1n) is 6.72. The third-order valence-electron chi connectivity index (χ3n) is 2.88. The van der Waals surface area contributed by atoms with E-state index in [-0.39, 0.29) is 11.8 Å². The lowest BCUT2D eigenvalue weighted by atomic mass is 10.1. The number of nitrogens with one attached hydrogen (secondary N) is 1. The number of benzene rings is 1. The topological polar surface area (TPSA) is 73.6 Å².